The Labute approximate surface area is 303 Å². The Morgan fingerprint density at radius 2 is 1.16 bits per heavy atom. The van der Waals surface area contributed by atoms with Crippen LogP contribution in [0.2, 0.25) is 0 Å². The number of phosphoric ester groups is 1. The van der Waals surface area contributed by atoms with Crippen LogP contribution in [0.1, 0.15) is 117 Å². The Morgan fingerprint density at radius 3 is 1.80 bits per heavy atom. The third-order valence-corrected chi connectivity index (χ3v) is 9.20. The number of carbonyl (C=O) groups excluding carboxylic acids is 2. The first-order chi connectivity index (χ1) is 24.4. The molecule has 0 aromatic rings. The topological polar surface area (TPSA) is 210 Å². The van der Waals surface area contributed by atoms with E-state index in [2.05, 4.69) is 32.1 Å². The van der Waals surface area contributed by atoms with E-state index >= 15 is 0 Å². The molecule has 0 spiro atoms. The van der Waals surface area contributed by atoms with E-state index in [-0.39, 0.29) is 12.8 Å². The Kier molecular flexibility index (Phi) is 26.0. The lowest BCUT2D eigenvalue weighted by Crippen LogP contribution is -2.64. The Balaban J connectivity index is 2.60. The van der Waals surface area contributed by atoms with Gasteiger partial charge in [-0.25, -0.2) is 4.57 Å². The van der Waals surface area contributed by atoms with Gasteiger partial charge in [-0.2, -0.15) is 0 Å². The largest absolute Gasteiger partial charge is 0.472 e. The van der Waals surface area contributed by atoms with Gasteiger partial charge in [0.15, 0.2) is 6.10 Å². The normalized spacial score (nSPS) is 24.5. The highest BCUT2D eigenvalue weighted by Crippen LogP contribution is 2.47. The number of hydrogen-bond acceptors (Lipinski definition) is 12. The molecule has 1 aliphatic carbocycles. The lowest BCUT2D eigenvalue weighted by Gasteiger charge is -2.41. The molecule has 0 aliphatic heterocycles. The van der Waals surface area contributed by atoms with E-state index in [0.29, 0.717) is 19.3 Å². The van der Waals surface area contributed by atoms with E-state index in [9.17, 15) is 44.6 Å². The van der Waals surface area contributed by atoms with Crippen LogP contribution >= 0.6 is 7.82 Å². The number of phosphoric acid groups is 1. The zero-order chi connectivity index (χ0) is 37.9. The molecule has 8 atom stereocenters. The molecule has 0 amide bonds. The molecule has 14 heteroatoms. The summed E-state index contributed by atoms with van der Waals surface area (Å²) in [6.07, 6.45) is 16.4. The fraction of sp³-hybridized carbons (Fsp3) is 0.730. The summed E-state index contributed by atoms with van der Waals surface area (Å²) in [5.41, 5.74) is 0. The predicted molar refractivity (Wildman–Crippen MR) is 193 cm³/mol. The van der Waals surface area contributed by atoms with Crippen molar-refractivity contribution in [3.63, 3.8) is 0 Å². The minimum atomic E-state index is -5.12. The molecule has 1 saturated carbocycles. The number of unbranched alkanes of at least 4 members (excludes halogenated alkanes) is 10. The quantitative estimate of drug-likeness (QED) is 0.0199. The summed E-state index contributed by atoms with van der Waals surface area (Å²) in [5, 5.41) is 49.8. The van der Waals surface area contributed by atoms with Gasteiger partial charge in [0.05, 0.1) is 6.61 Å². The minimum Gasteiger partial charge on any atom is -0.462 e. The molecule has 0 aromatic carbocycles. The van der Waals surface area contributed by atoms with Crippen LogP contribution in [0, 0.1) is 0 Å². The number of rotatable bonds is 28. The fourth-order valence-electron chi connectivity index (χ4n) is 5.17. The van der Waals surface area contributed by atoms with Crippen molar-refractivity contribution < 1.29 is 63.1 Å². The van der Waals surface area contributed by atoms with E-state index in [1.807, 2.05) is 30.4 Å². The number of esters is 2. The molecule has 1 rings (SSSR count). The Morgan fingerprint density at radius 1 is 0.627 bits per heavy atom. The van der Waals surface area contributed by atoms with Crippen LogP contribution in [-0.4, -0.2) is 98.3 Å². The molecule has 1 aliphatic rings. The van der Waals surface area contributed by atoms with Crippen LogP contribution in [0.3, 0.4) is 0 Å². The van der Waals surface area contributed by atoms with Gasteiger partial charge < -0.3 is 39.9 Å². The molecule has 13 nitrogen and oxygen atoms in total. The smallest absolute Gasteiger partial charge is 0.462 e. The van der Waals surface area contributed by atoms with E-state index in [4.69, 9.17) is 18.5 Å². The molecule has 0 aromatic heterocycles. The van der Waals surface area contributed by atoms with Crippen molar-refractivity contribution in [3.05, 3.63) is 48.6 Å². The van der Waals surface area contributed by atoms with Crippen LogP contribution in [0.25, 0.3) is 0 Å². The first-order valence-electron chi connectivity index (χ1n) is 18.5. The monoisotopic (exact) mass is 746 g/mol. The Hall–Kier alpha value is -2.19. The molecule has 6 N–H and O–H groups in total. The van der Waals surface area contributed by atoms with Crippen LogP contribution < -0.4 is 0 Å². The molecular weight excluding hydrogens is 683 g/mol. The van der Waals surface area contributed by atoms with Crippen molar-refractivity contribution in [3.8, 4) is 0 Å². The number of allylic oxidation sites excluding steroid dienone is 8. The van der Waals surface area contributed by atoms with Crippen molar-refractivity contribution in [2.75, 3.05) is 13.2 Å². The van der Waals surface area contributed by atoms with Crippen LogP contribution in [0.4, 0.5) is 0 Å². The molecule has 0 bridgehead atoms. The third-order valence-electron chi connectivity index (χ3n) is 8.22. The number of aliphatic hydroxyl groups excluding tert-OH is 5. The average Bonchev–Trinajstić information content (AvgIpc) is 3.10. The summed E-state index contributed by atoms with van der Waals surface area (Å²) >= 11 is 0. The molecular formula is C37H63O13P. The Bertz CT molecular complexity index is 1090. The van der Waals surface area contributed by atoms with Gasteiger partial charge in [0.1, 0.15) is 43.2 Å². The highest BCUT2D eigenvalue weighted by atomic mass is 31.2. The second-order valence-electron chi connectivity index (χ2n) is 12.8. The van der Waals surface area contributed by atoms with Crippen LogP contribution in [-0.2, 0) is 32.7 Å². The molecule has 0 heterocycles. The molecule has 7 unspecified atom stereocenters. The van der Waals surface area contributed by atoms with Gasteiger partial charge in [0.25, 0.3) is 0 Å². The van der Waals surface area contributed by atoms with Crippen LogP contribution in [0.5, 0.6) is 0 Å². The third kappa shape index (κ3) is 21.8. The van der Waals surface area contributed by atoms with Gasteiger partial charge in [0.2, 0.25) is 0 Å². The highest BCUT2D eigenvalue weighted by Gasteiger charge is 2.51. The summed E-state index contributed by atoms with van der Waals surface area (Å²) in [6.45, 7) is 3.03. The van der Waals surface area contributed by atoms with Crippen LogP contribution in [0.15, 0.2) is 48.6 Å². The molecule has 0 saturated heterocycles. The second-order valence-corrected chi connectivity index (χ2v) is 14.2. The summed E-state index contributed by atoms with van der Waals surface area (Å²) in [5.74, 6) is -1.17. The lowest BCUT2D eigenvalue weighted by molar-refractivity contribution is -0.220. The first kappa shape index (κ1) is 46.8. The van der Waals surface area contributed by atoms with E-state index in [1.165, 1.54) is 19.3 Å². The molecule has 51 heavy (non-hydrogen) atoms. The molecule has 294 valence electrons. The second kappa shape index (κ2) is 28.3. The van der Waals surface area contributed by atoms with Gasteiger partial charge in [-0.1, -0.05) is 101 Å². The standard InChI is InChI=1S/C37H63O13P/c1-3-5-7-9-11-13-14-15-16-18-20-22-24-26-31(39)49-29(27-47-30(38)25-23-21-19-17-12-10-8-6-4-2)28-48-51(45,46)50-37-35(43)33(41)32(40)34(42)36(37)44/h5,7,9,11,13-14,17,19,29,32-37,40-44H,3-4,6,8,10,12,15-16,18,20-28H2,1-2H3,(H,45,46)/b7-5+,11-9+,14-13+,19-17+/t29?,32?,33-,34?,35?,36?,37?/m1/s1. The van der Waals surface area contributed by atoms with E-state index in [1.54, 1.807) is 0 Å². The van der Waals surface area contributed by atoms with Crippen molar-refractivity contribution in [2.45, 2.75) is 159 Å². The van der Waals surface area contributed by atoms with Crippen molar-refractivity contribution in [1.82, 2.24) is 0 Å². The maximum atomic E-state index is 12.7. The summed E-state index contributed by atoms with van der Waals surface area (Å²) in [7, 11) is -5.12. The summed E-state index contributed by atoms with van der Waals surface area (Å²) < 4.78 is 33.2. The molecule has 0 radical (unpaired) electrons. The zero-order valence-electron chi connectivity index (χ0n) is 30.4. The van der Waals surface area contributed by atoms with E-state index < -0.39 is 75.7 Å². The number of hydrogen-bond donors (Lipinski definition) is 6. The number of carbonyl (C=O) groups is 2. The maximum Gasteiger partial charge on any atom is 0.472 e. The highest BCUT2D eigenvalue weighted by molar-refractivity contribution is 7.47. The lowest BCUT2D eigenvalue weighted by atomic mass is 9.85. The summed E-state index contributed by atoms with van der Waals surface area (Å²) in [6, 6.07) is 0. The van der Waals surface area contributed by atoms with Crippen molar-refractivity contribution in [2.24, 2.45) is 0 Å². The van der Waals surface area contributed by atoms with E-state index in [0.717, 1.165) is 51.4 Å². The fourth-order valence-corrected chi connectivity index (χ4v) is 6.14. The van der Waals surface area contributed by atoms with Gasteiger partial charge in [0, 0.05) is 12.8 Å². The van der Waals surface area contributed by atoms with Crippen molar-refractivity contribution in [1.29, 1.82) is 0 Å². The first-order valence-corrected chi connectivity index (χ1v) is 20.0. The van der Waals surface area contributed by atoms with Gasteiger partial charge in [-0.05, 0) is 51.4 Å². The number of ether oxygens (including phenoxy) is 2. The maximum absolute atomic E-state index is 12.7. The SMILES string of the molecule is CC/C=C/C=C/C=C/CCCCCCCC(=O)OC(COC(=O)CCC/C=C/CCCCCC)COP(=O)(O)OC1C(O)C(O)C(O)[C@@H](O)C1O. The molecule has 1 fully saturated rings. The van der Waals surface area contributed by atoms with Gasteiger partial charge in [-0.15, -0.1) is 0 Å². The number of aliphatic hydroxyl groups is 5. The van der Waals surface area contributed by atoms with Crippen molar-refractivity contribution >= 4 is 19.8 Å². The zero-order valence-corrected chi connectivity index (χ0v) is 31.3. The predicted octanol–water partition coefficient (Wildman–Crippen LogP) is 5.27. The average molecular weight is 747 g/mol. The van der Waals surface area contributed by atoms with Gasteiger partial charge in [-0.3, -0.25) is 18.6 Å². The summed E-state index contributed by atoms with van der Waals surface area (Å²) in [4.78, 5) is 35.3. The van der Waals surface area contributed by atoms with Gasteiger partial charge >= 0.3 is 19.8 Å². The minimum absolute atomic E-state index is 0.0665.